The first kappa shape index (κ1) is 19.6. The van der Waals surface area contributed by atoms with Gasteiger partial charge in [0, 0.05) is 17.6 Å². The maximum Gasteiger partial charge on any atom is 0.416 e. The van der Waals surface area contributed by atoms with E-state index in [2.05, 4.69) is 20.4 Å². The minimum Gasteiger partial charge on any atom is -0.359 e. The standard InChI is InChI=1S/C19H12F5N5O/c20-13-5-12-15(6-14(13)21)25-7-16(12)27-18(30)17-26-9-29(28-17)8-10-1-3-11(4-2-10)19(22,23)24/h1-7,9,25H,8H2,(H,27,30). The van der Waals surface area contributed by atoms with Crippen LogP contribution in [0.4, 0.5) is 27.6 Å². The van der Waals surface area contributed by atoms with Crippen molar-refractivity contribution in [1.29, 1.82) is 0 Å². The van der Waals surface area contributed by atoms with Crippen LogP contribution in [0.3, 0.4) is 0 Å². The number of carbonyl (C=O) groups is 1. The van der Waals surface area contributed by atoms with E-state index in [0.717, 1.165) is 24.3 Å². The summed E-state index contributed by atoms with van der Waals surface area (Å²) in [5, 5.41) is 6.77. The molecular weight excluding hydrogens is 409 g/mol. The summed E-state index contributed by atoms with van der Waals surface area (Å²) in [6.45, 7) is 0.107. The fraction of sp³-hybridized carbons (Fsp3) is 0.105. The molecule has 6 nitrogen and oxygen atoms in total. The maximum absolute atomic E-state index is 13.5. The van der Waals surface area contributed by atoms with Crippen molar-refractivity contribution in [3.63, 3.8) is 0 Å². The zero-order chi connectivity index (χ0) is 21.5. The number of amides is 1. The molecule has 0 aliphatic rings. The van der Waals surface area contributed by atoms with E-state index in [1.165, 1.54) is 29.3 Å². The predicted molar refractivity (Wildman–Crippen MR) is 96.7 cm³/mol. The number of aromatic amines is 1. The molecule has 2 N–H and O–H groups in total. The summed E-state index contributed by atoms with van der Waals surface area (Å²) in [6.07, 6.45) is -1.79. The molecule has 0 saturated carbocycles. The smallest absolute Gasteiger partial charge is 0.359 e. The number of nitrogens with zero attached hydrogens (tertiary/aromatic N) is 3. The van der Waals surface area contributed by atoms with E-state index in [-0.39, 0.29) is 23.4 Å². The topological polar surface area (TPSA) is 75.6 Å². The van der Waals surface area contributed by atoms with Gasteiger partial charge in [0.05, 0.1) is 23.3 Å². The van der Waals surface area contributed by atoms with Crippen molar-refractivity contribution < 1.29 is 26.7 Å². The number of hydrogen-bond donors (Lipinski definition) is 2. The van der Waals surface area contributed by atoms with E-state index in [0.29, 0.717) is 11.1 Å². The lowest BCUT2D eigenvalue weighted by Gasteiger charge is -2.07. The molecule has 11 heteroatoms. The Labute approximate surface area is 165 Å². The van der Waals surface area contributed by atoms with Crippen LogP contribution in [-0.2, 0) is 12.7 Å². The SMILES string of the molecule is O=C(Nc1c[nH]c2cc(F)c(F)cc12)c1ncn(Cc2ccc(C(F)(F)F)cc2)n1. The second-order valence-corrected chi connectivity index (χ2v) is 6.43. The van der Waals surface area contributed by atoms with Crippen molar-refractivity contribution in [2.24, 2.45) is 0 Å². The first-order chi connectivity index (χ1) is 14.2. The third-order valence-corrected chi connectivity index (χ3v) is 4.34. The number of carbonyl (C=O) groups excluding carboxylic acids is 1. The Bertz CT molecular complexity index is 1230. The van der Waals surface area contributed by atoms with Gasteiger partial charge in [-0.05, 0) is 23.8 Å². The van der Waals surface area contributed by atoms with Gasteiger partial charge in [-0.1, -0.05) is 12.1 Å². The van der Waals surface area contributed by atoms with Crippen LogP contribution in [0, 0.1) is 11.6 Å². The third kappa shape index (κ3) is 3.86. The molecular formula is C19H12F5N5O. The second-order valence-electron chi connectivity index (χ2n) is 6.43. The summed E-state index contributed by atoms with van der Waals surface area (Å²) in [7, 11) is 0. The van der Waals surface area contributed by atoms with E-state index < -0.39 is 29.3 Å². The van der Waals surface area contributed by atoms with Gasteiger partial charge in [-0.25, -0.2) is 18.4 Å². The molecule has 154 valence electrons. The molecule has 0 bridgehead atoms. The van der Waals surface area contributed by atoms with Crippen molar-refractivity contribution in [1.82, 2.24) is 19.7 Å². The van der Waals surface area contributed by atoms with E-state index in [1.54, 1.807) is 0 Å². The van der Waals surface area contributed by atoms with Gasteiger partial charge in [0.15, 0.2) is 11.6 Å². The number of H-pyrrole nitrogens is 1. The number of halogens is 5. The van der Waals surface area contributed by atoms with Crippen LogP contribution in [0.1, 0.15) is 21.7 Å². The van der Waals surface area contributed by atoms with Crippen LogP contribution >= 0.6 is 0 Å². The average Bonchev–Trinajstić information content (AvgIpc) is 3.30. The van der Waals surface area contributed by atoms with Crippen LogP contribution in [-0.4, -0.2) is 25.7 Å². The largest absolute Gasteiger partial charge is 0.416 e. The van der Waals surface area contributed by atoms with Crippen LogP contribution in [0.5, 0.6) is 0 Å². The van der Waals surface area contributed by atoms with Gasteiger partial charge < -0.3 is 10.3 Å². The molecule has 0 saturated heterocycles. The van der Waals surface area contributed by atoms with Gasteiger partial charge in [0.2, 0.25) is 5.82 Å². The number of anilines is 1. The molecule has 0 unspecified atom stereocenters. The van der Waals surface area contributed by atoms with Gasteiger partial charge in [0.1, 0.15) is 6.33 Å². The minimum atomic E-state index is -4.42. The molecule has 0 aliphatic carbocycles. The first-order valence-corrected chi connectivity index (χ1v) is 8.54. The Morgan fingerprint density at radius 1 is 1.10 bits per heavy atom. The van der Waals surface area contributed by atoms with Crippen LogP contribution in [0.15, 0.2) is 48.9 Å². The fourth-order valence-corrected chi connectivity index (χ4v) is 2.86. The Kier molecular flexibility index (Phi) is 4.72. The number of benzene rings is 2. The number of alkyl halides is 3. The maximum atomic E-state index is 13.5. The summed E-state index contributed by atoms with van der Waals surface area (Å²) in [5.74, 6) is -2.96. The highest BCUT2D eigenvalue weighted by atomic mass is 19.4. The lowest BCUT2D eigenvalue weighted by molar-refractivity contribution is -0.137. The minimum absolute atomic E-state index is 0.107. The van der Waals surface area contributed by atoms with E-state index >= 15 is 0 Å². The Hall–Kier alpha value is -3.76. The van der Waals surface area contributed by atoms with Crippen molar-refractivity contribution >= 4 is 22.5 Å². The van der Waals surface area contributed by atoms with Gasteiger partial charge in [-0.3, -0.25) is 4.79 Å². The van der Waals surface area contributed by atoms with Crippen LogP contribution in [0.25, 0.3) is 10.9 Å². The predicted octanol–water partition coefficient (Wildman–Crippen LogP) is 4.36. The highest BCUT2D eigenvalue weighted by molar-refractivity contribution is 6.07. The van der Waals surface area contributed by atoms with Gasteiger partial charge >= 0.3 is 6.18 Å². The Morgan fingerprint density at radius 3 is 2.50 bits per heavy atom. The van der Waals surface area contributed by atoms with Crippen molar-refractivity contribution in [2.75, 3.05) is 5.32 Å². The number of aromatic nitrogens is 4. The molecule has 0 aliphatic heterocycles. The fourth-order valence-electron chi connectivity index (χ4n) is 2.86. The summed E-state index contributed by atoms with van der Waals surface area (Å²) < 4.78 is 65.9. The lowest BCUT2D eigenvalue weighted by atomic mass is 10.1. The second kappa shape index (κ2) is 7.25. The summed E-state index contributed by atoms with van der Waals surface area (Å²) >= 11 is 0. The molecule has 4 rings (SSSR count). The molecule has 0 spiro atoms. The average molecular weight is 421 g/mol. The van der Waals surface area contributed by atoms with Crippen molar-refractivity contribution in [3.8, 4) is 0 Å². The molecule has 0 fully saturated rings. The number of hydrogen-bond acceptors (Lipinski definition) is 3. The van der Waals surface area contributed by atoms with Gasteiger partial charge in [-0.15, -0.1) is 5.10 Å². The Morgan fingerprint density at radius 2 is 1.80 bits per heavy atom. The first-order valence-electron chi connectivity index (χ1n) is 8.54. The van der Waals surface area contributed by atoms with E-state index in [9.17, 15) is 26.7 Å². The van der Waals surface area contributed by atoms with Crippen molar-refractivity contribution in [3.05, 3.63) is 77.5 Å². The molecule has 2 aromatic heterocycles. The molecule has 0 atom stereocenters. The van der Waals surface area contributed by atoms with Gasteiger partial charge in [-0.2, -0.15) is 13.2 Å². The number of fused-ring (bicyclic) bond motifs is 1. The molecule has 0 radical (unpaired) electrons. The van der Waals surface area contributed by atoms with Crippen LogP contribution < -0.4 is 5.32 Å². The summed E-state index contributed by atoms with van der Waals surface area (Å²) in [5.41, 5.74) is 0.284. The normalized spacial score (nSPS) is 11.8. The zero-order valence-corrected chi connectivity index (χ0v) is 15.0. The zero-order valence-electron chi connectivity index (χ0n) is 15.0. The molecule has 30 heavy (non-hydrogen) atoms. The highest BCUT2D eigenvalue weighted by Gasteiger charge is 2.29. The summed E-state index contributed by atoms with van der Waals surface area (Å²) in [4.78, 5) is 19.0. The molecule has 1 amide bonds. The van der Waals surface area contributed by atoms with Gasteiger partial charge in [0.25, 0.3) is 5.91 Å². The van der Waals surface area contributed by atoms with Crippen molar-refractivity contribution in [2.45, 2.75) is 12.7 Å². The lowest BCUT2D eigenvalue weighted by Crippen LogP contribution is -2.14. The third-order valence-electron chi connectivity index (χ3n) is 4.34. The number of nitrogens with one attached hydrogen (secondary N) is 2. The van der Waals surface area contributed by atoms with E-state index in [4.69, 9.17) is 0 Å². The number of rotatable bonds is 4. The monoisotopic (exact) mass is 421 g/mol. The Balaban J connectivity index is 1.47. The van der Waals surface area contributed by atoms with Crippen LogP contribution in [0.2, 0.25) is 0 Å². The highest BCUT2D eigenvalue weighted by Crippen LogP contribution is 2.29. The van der Waals surface area contributed by atoms with E-state index in [1.807, 2.05) is 0 Å². The summed E-state index contributed by atoms with van der Waals surface area (Å²) in [6, 6.07) is 6.45. The quantitative estimate of drug-likeness (QED) is 0.481. The molecule has 4 aromatic rings. The molecule has 2 heterocycles. The molecule has 2 aromatic carbocycles.